The second-order valence-corrected chi connectivity index (χ2v) is 13.2. The molecule has 9 nitrogen and oxygen atoms in total. The molecule has 1 saturated heterocycles. The van der Waals surface area contributed by atoms with Crippen LogP contribution in [0.2, 0.25) is 0 Å². The summed E-state index contributed by atoms with van der Waals surface area (Å²) in [6.45, 7) is 6.98. The molecule has 3 aromatic rings. The van der Waals surface area contributed by atoms with E-state index < -0.39 is 20.0 Å². The number of aryl methyl sites for hydroxylation is 2. The van der Waals surface area contributed by atoms with Crippen molar-refractivity contribution in [2.45, 2.75) is 43.4 Å². The maximum atomic E-state index is 13.2. The first kappa shape index (κ1) is 28.4. The van der Waals surface area contributed by atoms with Gasteiger partial charge in [-0.3, -0.25) is 14.2 Å². The lowest BCUT2D eigenvalue weighted by molar-refractivity contribution is 0.0693. The van der Waals surface area contributed by atoms with Crippen molar-refractivity contribution in [2.24, 2.45) is 5.92 Å². The maximum Gasteiger partial charge on any atom is 0.261 e. The minimum absolute atomic E-state index is 0.0127. The number of piperidine rings is 1. The largest absolute Gasteiger partial charge is 0.496 e. The van der Waals surface area contributed by atoms with Gasteiger partial charge in [0, 0.05) is 18.8 Å². The second kappa shape index (κ2) is 11.3. The molecule has 39 heavy (non-hydrogen) atoms. The van der Waals surface area contributed by atoms with Crippen LogP contribution < -0.4 is 14.2 Å². The van der Waals surface area contributed by atoms with E-state index in [-0.39, 0.29) is 26.9 Å². The number of likely N-dealkylation sites (tertiary alicyclic amines) is 1. The molecule has 3 aromatic carbocycles. The van der Waals surface area contributed by atoms with Crippen LogP contribution in [-0.2, 0) is 20.0 Å². The van der Waals surface area contributed by atoms with Crippen molar-refractivity contribution in [3.8, 4) is 5.75 Å². The summed E-state index contributed by atoms with van der Waals surface area (Å²) in [5, 5.41) is 0. The number of sulfonamides is 2. The van der Waals surface area contributed by atoms with Gasteiger partial charge in [0.1, 0.15) is 5.75 Å². The molecule has 1 aliphatic heterocycles. The van der Waals surface area contributed by atoms with Crippen LogP contribution in [0.5, 0.6) is 5.75 Å². The molecular formula is C28H33N3O6S2. The van der Waals surface area contributed by atoms with Crippen LogP contribution in [0.3, 0.4) is 0 Å². The molecule has 4 rings (SSSR count). The molecule has 0 spiro atoms. The third-order valence-electron chi connectivity index (χ3n) is 6.92. The fraction of sp³-hybridized carbons (Fsp3) is 0.321. The molecule has 0 unspecified atom stereocenters. The van der Waals surface area contributed by atoms with Crippen LogP contribution in [0.15, 0.2) is 70.5 Å². The highest BCUT2D eigenvalue weighted by molar-refractivity contribution is 7.93. The van der Waals surface area contributed by atoms with Crippen LogP contribution >= 0.6 is 0 Å². The Morgan fingerprint density at radius 1 is 0.846 bits per heavy atom. The number of ether oxygens (including phenoxy) is 1. The van der Waals surface area contributed by atoms with Gasteiger partial charge in [-0.15, -0.1) is 0 Å². The molecule has 11 heteroatoms. The van der Waals surface area contributed by atoms with E-state index in [4.69, 9.17) is 4.74 Å². The Labute approximate surface area is 230 Å². The van der Waals surface area contributed by atoms with Gasteiger partial charge >= 0.3 is 0 Å². The molecule has 1 heterocycles. The first-order chi connectivity index (χ1) is 18.4. The average Bonchev–Trinajstić information content (AvgIpc) is 2.90. The monoisotopic (exact) mass is 571 g/mol. The summed E-state index contributed by atoms with van der Waals surface area (Å²) in [4.78, 5) is 14.8. The number of para-hydroxylation sites is 1. The smallest absolute Gasteiger partial charge is 0.261 e. The van der Waals surface area contributed by atoms with Gasteiger partial charge < -0.3 is 9.64 Å². The fourth-order valence-corrected chi connectivity index (χ4v) is 6.78. The molecule has 0 aromatic heterocycles. The predicted octanol–water partition coefficient (Wildman–Crippen LogP) is 4.79. The summed E-state index contributed by atoms with van der Waals surface area (Å²) in [7, 11) is -6.54. The van der Waals surface area contributed by atoms with Crippen molar-refractivity contribution in [3.05, 3.63) is 77.4 Å². The van der Waals surface area contributed by atoms with Gasteiger partial charge in [-0.1, -0.05) is 25.1 Å². The lowest BCUT2D eigenvalue weighted by atomic mass is 9.98. The molecule has 0 bridgehead atoms. The topological polar surface area (TPSA) is 122 Å². The van der Waals surface area contributed by atoms with Crippen LogP contribution in [0.1, 0.15) is 41.3 Å². The fourth-order valence-electron chi connectivity index (χ4n) is 4.49. The molecule has 0 atom stereocenters. The molecule has 1 amide bonds. The number of nitrogens with one attached hydrogen (secondary N) is 2. The first-order valence-corrected chi connectivity index (χ1v) is 15.6. The predicted molar refractivity (Wildman–Crippen MR) is 151 cm³/mol. The van der Waals surface area contributed by atoms with E-state index in [2.05, 4.69) is 16.4 Å². The average molecular weight is 572 g/mol. The number of benzene rings is 3. The Kier molecular flexibility index (Phi) is 8.22. The zero-order valence-corrected chi connectivity index (χ0v) is 24.0. The molecule has 0 radical (unpaired) electrons. The van der Waals surface area contributed by atoms with Crippen molar-refractivity contribution in [3.63, 3.8) is 0 Å². The molecule has 0 aliphatic carbocycles. The van der Waals surface area contributed by atoms with Gasteiger partial charge in [0.2, 0.25) is 0 Å². The number of nitrogens with zero attached hydrogens (tertiary/aromatic N) is 1. The Balaban J connectivity index is 1.54. The molecule has 0 saturated carbocycles. The molecule has 2 N–H and O–H groups in total. The van der Waals surface area contributed by atoms with Gasteiger partial charge in [0.25, 0.3) is 26.0 Å². The van der Waals surface area contributed by atoms with E-state index in [1.54, 1.807) is 4.90 Å². The van der Waals surface area contributed by atoms with Crippen LogP contribution in [0.4, 0.5) is 11.4 Å². The highest BCUT2D eigenvalue weighted by atomic mass is 32.2. The minimum atomic E-state index is -4.08. The van der Waals surface area contributed by atoms with E-state index in [1.807, 2.05) is 32.0 Å². The van der Waals surface area contributed by atoms with Crippen LogP contribution in [0.25, 0.3) is 0 Å². The number of amides is 1. The summed E-state index contributed by atoms with van der Waals surface area (Å²) in [5.41, 5.74) is 2.43. The van der Waals surface area contributed by atoms with Crippen LogP contribution in [0, 0.1) is 19.8 Å². The summed E-state index contributed by atoms with van der Waals surface area (Å²) in [6.07, 6.45) is 1.78. The highest BCUT2D eigenvalue weighted by Gasteiger charge is 2.26. The third-order valence-corrected chi connectivity index (χ3v) is 9.66. The first-order valence-electron chi connectivity index (χ1n) is 12.6. The Morgan fingerprint density at radius 2 is 1.41 bits per heavy atom. The van der Waals surface area contributed by atoms with Gasteiger partial charge in [0.05, 0.1) is 28.2 Å². The van der Waals surface area contributed by atoms with Crippen molar-refractivity contribution >= 4 is 37.3 Å². The molecule has 1 fully saturated rings. The lowest BCUT2D eigenvalue weighted by Gasteiger charge is -2.30. The van der Waals surface area contributed by atoms with E-state index in [0.717, 1.165) is 24.0 Å². The Bertz CT molecular complexity index is 1560. The van der Waals surface area contributed by atoms with E-state index in [9.17, 15) is 21.6 Å². The van der Waals surface area contributed by atoms with Gasteiger partial charge in [-0.25, -0.2) is 16.8 Å². The molecule has 208 valence electrons. The Morgan fingerprint density at radius 3 is 2.00 bits per heavy atom. The SMILES string of the molecule is COc1ccc(S(=O)(=O)Nc2ccc(S(=O)(=O)Nc3c(C)cccc3C)cc2)cc1C(=O)N1CCC(C)CC1. The number of hydrogen-bond donors (Lipinski definition) is 2. The number of rotatable bonds is 8. The van der Waals surface area contributed by atoms with Crippen molar-refractivity contribution in [1.29, 1.82) is 0 Å². The maximum absolute atomic E-state index is 13.2. The number of methoxy groups -OCH3 is 1. The normalized spacial score (nSPS) is 14.6. The Hall–Kier alpha value is -3.57. The number of carbonyl (C=O) groups is 1. The van der Waals surface area contributed by atoms with Gasteiger partial charge in [0.15, 0.2) is 0 Å². The zero-order valence-electron chi connectivity index (χ0n) is 22.4. The summed E-state index contributed by atoms with van der Waals surface area (Å²) in [6, 6.07) is 15.0. The second-order valence-electron chi connectivity index (χ2n) is 9.84. The van der Waals surface area contributed by atoms with E-state index >= 15 is 0 Å². The number of hydrogen-bond acceptors (Lipinski definition) is 6. The number of carbonyl (C=O) groups excluding carboxylic acids is 1. The summed E-state index contributed by atoms with van der Waals surface area (Å²) < 4.78 is 62.7. The van der Waals surface area contributed by atoms with E-state index in [1.165, 1.54) is 49.6 Å². The molecule has 1 aliphatic rings. The summed E-state index contributed by atoms with van der Waals surface area (Å²) >= 11 is 0. The standard InChI is InChI=1S/C28H33N3O6S2/c1-19-14-16-31(17-15-19)28(32)25-18-24(12-13-26(25)37-4)39(35,36)29-22-8-10-23(11-9-22)38(33,34)30-27-20(2)6-5-7-21(27)3/h5-13,18-19,29-30H,14-17H2,1-4H3. The zero-order chi connectivity index (χ0) is 28.4. The van der Waals surface area contributed by atoms with E-state index in [0.29, 0.717) is 30.4 Å². The lowest BCUT2D eigenvalue weighted by Crippen LogP contribution is -2.38. The summed E-state index contributed by atoms with van der Waals surface area (Å²) in [5.74, 6) is 0.556. The highest BCUT2D eigenvalue weighted by Crippen LogP contribution is 2.28. The minimum Gasteiger partial charge on any atom is -0.496 e. The molecular weight excluding hydrogens is 538 g/mol. The van der Waals surface area contributed by atoms with Gasteiger partial charge in [-0.2, -0.15) is 0 Å². The third kappa shape index (κ3) is 6.36. The van der Waals surface area contributed by atoms with Gasteiger partial charge in [-0.05, 0) is 86.2 Å². The number of anilines is 2. The van der Waals surface area contributed by atoms with Crippen molar-refractivity contribution in [1.82, 2.24) is 4.90 Å². The quantitative estimate of drug-likeness (QED) is 0.401. The van der Waals surface area contributed by atoms with Crippen molar-refractivity contribution < 1.29 is 26.4 Å². The van der Waals surface area contributed by atoms with Crippen LogP contribution in [-0.4, -0.2) is 47.8 Å². The van der Waals surface area contributed by atoms with Crippen molar-refractivity contribution in [2.75, 3.05) is 29.6 Å².